The lowest BCUT2D eigenvalue weighted by Gasteiger charge is -2.28. The monoisotopic (exact) mass is 139 g/mol. The number of hydrogen-bond donors (Lipinski definition) is 1. The van der Waals surface area contributed by atoms with Crippen molar-refractivity contribution < 1.29 is 4.39 Å². The third kappa shape index (κ3) is 1.33. The normalized spacial score (nSPS) is 35.2. The highest BCUT2D eigenvalue weighted by atomic mass is 35.5. The van der Waals surface area contributed by atoms with Gasteiger partial charge in [-0.3, -0.25) is 0 Å². The lowest BCUT2D eigenvalue weighted by atomic mass is 9.83. The smallest absolute Gasteiger partial charge is 0.104 e. The molecule has 2 N–H and O–H groups in total. The summed E-state index contributed by atoms with van der Waals surface area (Å²) in [6.07, 6.45) is 1.16. The van der Waals surface area contributed by atoms with E-state index in [1.807, 2.05) is 0 Å². The summed E-state index contributed by atoms with van der Waals surface area (Å²) in [5.41, 5.74) is 5.18. The Morgan fingerprint density at radius 2 is 2.12 bits per heavy atom. The predicted octanol–water partition coefficient (Wildman–Crippen LogP) is 1.12. The molecule has 3 heteroatoms. The second-order valence-electron chi connectivity index (χ2n) is 2.09. The van der Waals surface area contributed by atoms with Crippen LogP contribution in [0.1, 0.15) is 12.8 Å². The van der Waals surface area contributed by atoms with Crippen LogP contribution in [0.3, 0.4) is 0 Å². The van der Waals surface area contributed by atoms with E-state index in [1.165, 1.54) is 0 Å². The maximum absolute atomic E-state index is 12.1. The topological polar surface area (TPSA) is 26.0 Å². The van der Waals surface area contributed by atoms with Gasteiger partial charge in [0.05, 0.1) is 0 Å². The molecule has 0 aromatic rings. The van der Waals surface area contributed by atoms with Crippen LogP contribution in [-0.2, 0) is 0 Å². The second-order valence-corrected chi connectivity index (χ2v) is 2.09. The summed E-state index contributed by atoms with van der Waals surface area (Å²) in [4.78, 5) is 0. The lowest BCUT2D eigenvalue weighted by Crippen LogP contribution is -2.33. The standard InChI is InChI=1S/C5H10FN.ClH/c6-5-2-1-4(5)3-7;/h4-5H,1-3,7H2;1H. The van der Waals surface area contributed by atoms with Crippen molar-refractivity contribution in [2.45, 2.75) is 19.0 Å². The van der Waals surface area contributed by atoms with Crippen molar-refractivity contribution in [2.24, 2.45) is 11.7 Å². The molecule has 1 saturated carbocycles. The number of alkyl halides is 1. The summed E-state index contributed by atoms with van der Waals surface area (Å²) in [7, 11) is 0. The van der Waals surface area contributed by atoms with Gasteiger partial charge in [-0.2, -0.15) is 0 Å². The third-order valence-corrected chi connectivity index (χ3v) is 1.63. The van der Waals surface area contributed by atoms with Gasteiger partial charge in [0.1, 0.15) is 6.17 Å². The molecule has 1 nitrogen and oxygen atoms in total. The van der Waals surface area contributed by atoms with Crippen LogP contribution in [0, 0.1) is 5.92 Å². The Labute approximate surface area is 54.9 Å². The fourth-order valence-electron chi connectivity index (χ4n) is 0.794. The first-order valence-corrected chi connectivity index (χ1v) is 2.68. The molecule has 2 atom stereocenters. The number of rotatable bonds is 1. The van der Waals surface area contributed by atoms with E-state index in [0.29, 0.717) is 6.54 Å². The molecular weight excluding hydrogens is 129 g/mol. The zero-order chi connectivity index (χ0) is 5.28. The zero-order valence-corrected chi connectivity index (χ0v) is 5.46. The minimum absolute atomic E-state index is 0. The van der Waals surface area contributed by atoms with E-state index in [0.717, 1.165) is 12.8 Å². The molecule has 1 aliphatic carbocycles. The molecule has 0 heterocycles. The highest BCUT2D eigenvalue weighted by Crippen LogP contribution is 2.28. The Hall–Kier alpha value is 0.180. The largest absolute Gasteiger partial charge is 0.330 e. The molecule has 0 bridgehead atoms. The summed E-state index contributed by atoms with van der Waals surface area (Å²) in [6, 6.07) is 0. The van der Waals surface area contributed by atoms with Gasteiger partial charge in [-0.15, -0.1) is 12.4 Å². The van der Waals surface area contributed by atoms with Crippen molar-refractivity contribution in [3.05, 3.63) is 0 Å². The molecule has 0 aromatic carbocycles. The van der Waals surface area contributed by atoms with Gasteiger partial charge in [0.15, 0.2) is 0 Å². The average Bonchev–Trinajstić information content (AvgIpc) is 1.65. The molecule has 1 rings (SSSR count). The van der Waals surface area contributed by atoms with Gasteiger partial charge < -0.3 is 5.73 Å². The average molecular weight is 140 g/mol. The first-order valence-electron chi connectivity index (χ1n) is 2.68. The second kappa shape index (κ2) is 3.25. The van der Waals surface area contributed by atoms with Crippen molar-refractivity contribution in [1.82, 2.24) is 0 Å². The fourth-order valence-corrected chi connectivity index (χ4v) is 0.794. The third-order valence-electron chi connectivity index (χ3n) is 1.63. The molecule has 0 radical (unpaired) electrons. The summed E-state index contributed by atoms with van der Waals surface area (Å²) in [5, 5.41) is 0. The van der Waals surface area contributed by atoms with E-state index >= 15 is 0 Å². The van der Waals surface area contributed by atoms with Crippen molar-refractivity contribution in [3.8, 4) is 0 Å². The Bertz CT molecular complexity index is 67.4. The van der Waals surface area contributed by atoms with Crippen molar-refractivity contribution >= 4 is 12.4 Å². The molecule has 0 aromatic heterocycles. The molecule has 8 heavy (non-hydrogen) atoms. The molecule has 0 spiro atoms. The van der Waals surface area contributed by atoms with Crippen LogP contribution < -0.4 is 5.73 Å². The van der Waals surface area contributed by atoms with E-state index in [-0.39, 0.29) is 18.3 Å². The highest BCUT2D eigenvalue weighted by Gasteiger charge is 2.28. The van der Waals surface area contributed by atoms with Gasteiger partial charge in [0, 0.05) is 5.92 Å². The van der Waals surface area contributed by atoms with Gasteiger partial charge >= 0.3 is 0 Å². The molecule has 0 amide bonds. The minimum atomic E-state index is -0.579. The number of hydrogen-bond acceptors (Lipinski definition) is 1. The quantitative estimate of drug-likeness (QED) is 0.579. The number of nitrogens with two attached hydrogens (primary N) is 1. The molecule has 1 fully saturated rings. The minimum Gasteiger partial charge on any atom is -0.330 e. The highest BCUT2D eigenvalue weighted by molar-refractivity contribution is 5.85. The molecule has 2 unspecified atom stereocenters. The van der Waals surface area contributed by atoms with Crippen molar-refractivity contribution in [1.29, 1.82) is 0 Å². The Balaban J connectivity index is 0.000000490. The van der Waals surface area contributed by atoms with Crippen LogP contribution in [0.25, 0.3) is 0 Å². The van der Waals surface area contributed by atoms with Crippen molar-refractivity contribution in [3.63, 3.8) is 0 Å². The van der Waals surface area contributed by atoms with Gasteiger partial charge in [-0.1, -0.05) is 0 Å². The molecule has 50 valence electrons. The molecule has 0 saturated heterocycles. The predicted molar refractivity (Wildman–Crippen MR) is 33.9 cm³/mol. The van der Waals surface area contributed by atoms with Crippen LogP contribution in [0.5, 0.6) is 0 Å². The van der Waals surface area contributed by atoms with E-state index < -0.39 is 6.17 Å². The van der Waals surface area contributed by atoms with Crippen LogP contribution in [0.2, 0.25) is 0 Å². The molecular formula is C5H11ClFN. The van der Waals surface area contributed by atoms with Crippen LogP contribution in [0.4, 0.5) is 4.39 Å². The summed E-state index contributed by atoms with van der Waals surface area (Å²) < 4.78 is 12.1. The van der Waals surface area contributed by atoms with E-state index in [9.17, 15) is 4.39 Å². The Kier molecular flexibility index (Phi) is 3.33. The fraction of sp³-hybridized carbons (Fsp3) is 1.00. The number of halogens is 2. The summed E-state index contributed by atoms with van der Waals surface area (Å²) in [5.74, 6) is 0.194. The first-order chi connectivity index (χ1) is 3.34. The van der Waals surface area contributed by atoms with Crippen LogP contribution >= 0.6 is 12.4 Å². The molecule has 1 aliphatic rings. The van der Waals surface area contributed by atoms with Gasteiger partial charge in [-0.05, 0) is 19.4 Å². The van der Waals surface area contributed by atoms with Gasteiger partial charge in [-0.25, -0.2) is 4.39 Å². The zero-order valence-electron chi connectivity index (χ0n) is 4.64. The van der Waals surface area contributed by atoms with E-state index in [1.54, 1.807) is 0 Å². The van der Waals surface area contributed by atoms with E-state index in [4.69, 9.17) is 5.73 Å². The first kappa shape index (κ1) is 8.18. The van der Waals surface area contributed by atoms with E-state index in [2.05, 4.69) is 0 Å². The SMILES string of the molecule is Cl.NCC1CCC1F. The lowest BCUT2D eigenvalue weighted by molar-refractivity contribution is 0.119. The molecule has 0 aliphatic heterocycles. The van der Waals surface area contributed by atoms with Gasteiger partial charge in [0.25, 0.3) is 0 Å². The van der Waals surface area contributed by atoms with Gasteiger partial charge in [0.2, 0.25) is 0 Å². The maximum Gasteiger partial charge on any atom is 0.104 e. The summed E-state index contributed by atoms with van der Waals surface area (Å²) >= 11 is 0. The van der Waals surface area contributed by atoms with Crippen LogP contribution in [0.15, 0.2) is 0 Å². The summed E-state index contributed by atoms with van der Waals surface area (Å²) in [6.45, 7) is 0.529. The maximum atomic E-state index is 12.1. The Morgan fingerprint density at radius 3 is 2.12 bits per heavy atom. The van der Waals surface area contributed by atoms with Crippen LogP contribution in [-0.4, -0.2) is 12.7 Å². The van der Waals surface area contributed by atoms with Crippen molar-refractivity contribution in [2.75, 3.05) is 6.54 Å². The Morgan fingerprint density at radius 1 is 1.50 bits per heavy atom.